The smallest absolute Gasteiger partial charge is 0.414 e. The number of nitrogens with one attached hydrogen (secondary N) is 1. The minimum absolute atomic E-state index is 0.139. The zero-order chi connectivity index (χ0) is 18.7. The largest absolute Gasteiger partial charge is 0.442 e. The number of alkyl halides is 1. The van der Waals surface area contributed by atoms with Crippen LogP contribution >= 0.6 is 11.6 Å². The highest BCUT2D eigenvalue weighted by atomic mass is 35.5. The number of hydrogen-bond acceptors (Lipinski definition) is 5. The molecular formula is C16H18ClN5O4. The van der Waals surface area contributed by atoms with E-state index in [0.29, 0.717) is 24.5 Å². The Morgan fingerprint density at radius 2 is 2.00 bits per heavy atom. The molecule has 0 radical (unpaired) electrons. The van der Waals surface area contributed by atoms with Gasteiger partial charge in [0, 0.05) is 12.2 Å². The van der Waals surface area contributed by atoms with Crippen molar-refractivity contribution in [3.8, 4) is 5.69 Å². The minimum Gasteiger partial charge on any atom is -0.442 e. The zero-order valence-electron chi connectivity index (χ0n) is 14.1. The maximum atomic E-state index is 12.1. The number of rotatable bonds is 6. The van der Waals surface area contributed by atoms with Crippen LogP contribution in [0.15, 0.2) is 35.4 Å². The van der Waals surface area contributed by atoms with Crippen molar-refractivity contribution in [2.75, 3.05) is 23.9 Å². The van der Waals surface area contributed by atoms with Gasteiger partial charge in [-0.1, -0.05) is 0 Å². The second-order valence-corrected chi connectivity index (χ2v) is 5.94. The number of benzene rings is 1. The lowest BCUT2D eigenvalue weighted by Crippen LogP contribution is -2.35. The van der Waals surface area contributed by atoms with E-state index in [1.807, 2.05) is 6.92 Å². The molecule has 1 aliphatic rings. The van der Waals surface area contributed by atoms with Crippen LogP contribution in [0, 0.1) is 0 Å². The quantitative estimate of drug-likeness (QED) is 0.746. The van der Waals surface area contributed by atoms with Gasteiger partial charge < -0.3 is 10.1 Å². The summed E-state index contributed by atoms with van der Waals surface area (Å²) >= 11 is 5.42. The van der Waals surface area contributed by atoms with Crippen molar-refractivity contribution in [3.05, 3.63) is 41.1 Å². The average molecular weight is 380 g/mol. The maximum absolute atomic E-state index is 12.1. The second-order valence-electron chi connectivity index (χ2n) is 5.67. The van der Waals surface area contributed by atoms with Crippen molar-refractivity contribution in [2.24, 2.45) is 0 Å². The molecule has 2 heterocycles. The summed E-state index contributed by atoms with van der Waals surface area (Å²) in [7, 11) is 0. The van der Waals surface area contributed by atoms with E-state index >= 15 is 0 Å². The van der Waals surface area contributed by atoms with Crippen LogP contribution in [0.4, 0.5) is 10.5 Å². The Kier molecular flexibility index (Phi) is 5.27. The van der Waals surface area contributed by atoms with Crippen molar-refractivity contribution >= 4 is 29.3 Å². The van der Waals surface area contributed by atoms with Gasteiger partial charge in [-0.3, -0.25) is 9.69 Å². The highest BCUT2D eigenvalue weighted by molar-refractivity contribution is 6.27. The van der Waals surface area contributed by atoms with E-state index in [9.17, 15) is 14.4 Å². The second kappa shape index (κ2) is 7.61. The van der Waals surface area contributed by atoms with Gasteiger partial charge in [0.15, 0.2) is 0 Å². The molecule has 1 atom stereocenters. The molecule has 0 aliphatic carbocycles. The number of anilines is 1. The summed E-state index contributed by atoms with van der Waals surface area (Å²) < 4.78 is 8.02. The molecule has 1 aliphatic heterocycles. The first-order chi connectivity index (χ1) is 12.5. The van der Waals surface area contributed by atoms with Crippen LogP contribution in [0.25, 0.3) is 5.69 Å². The van der Waals surface area contributed by atoms with Crippen molar-refractivity contribution in [1.82, 2.24) is 19.7 Å². The summed E-state index contributed by atoms with van der Waals surface area (Å²) in [5.41, 5.74) is 1.06. The Morgan fingerprint density at radius 3 is 2.62 bits per heavy atom. The lowest BCUT2D eigenvalue weighted by Gasteiger charge is -2.13. The van der Waals surface area contributed by atoms with Crippen molar-refractivity contribution in [3.63, 3.8) is 0 Å². The van der Waals surface area contributed by atoms with Crippen molar-refractivity contribution < 1.29 is 14.3 Å². The Bertz CT molecular complexity index is 860. The zero-order valence-corrected chi connectivity index (χ0v) is 14.8. The molecule has 2 aromatic rings. The summed E-state index contributed by atoms with van der Waals surface area (Å²) in [5.74, 6) is -0.455. The number of aryl methyl sites for hydroxylation is 1. The van der Waals surface area contributed by atoms with E-state index < -0.39 is 12.2 Å². The van der Waals surface area contributed by atoms with E-state index in [1.54, 1.807) is 24.3 Å². The molecule has 3 rings (SSSR count). The van der Waals surface area contributed by atoms with E-state index in [4.69, 9.17) is 16.3 Å². The van der Waals surface area contributed by atoms with Gasteiger partial charge in [-0.15, -0.1) is 11.6 Å². The van der Waals surface area contributed by atoms with Gasteiger partial charge in [-0.2, -0.15) is 5.10 Å². The first-order valence-electron chi connectivity index (χ1n) is 8.09. The number of carbonyl (C=O) groups is 2. The fourth-order valence-corrected chi connectivity index (χ4v) is 2.73. The molecule has 0 spiro atoms. The Hall–Kier alpha value is -2.81. The first-order valence-corrected chi connectivity index (χ1v) is 8.62. The third kappa shape index (κ3) is 3.57. The Morgan fingerprint density at radius 1 is 1.31 bits per heavy atom. The molecular weight excluding hydrogens is 362 g/mol. The molecule has 9 nitrogen and oxygen atoms in total. The van der Waals surface area contributed by atoms with Crippen molar-refractivity contribution in [1.29, 1.82) is 0 Å². The standard InChI is InChI=1S/C16H18ClN5O4/c1-2-22-15(24)21(10-19-22)12-5-3-11(4-6-12)20-9-13(26-16(20)25)8-18-14(23)7-17/h3-6,10,13H,2,7-9H2,1H3,(H,18,23)/t13-/m0/s1. The number of amides is 2. The molecule has 0 bridgehead atoms. The van der Waals surface area contributed by atoms with Crippen LogP contribution in [0.5, 0.6) is 0 Å². The predicted octanol–water partition coefficient (Wildman–Crippen LogP) is 0.734. The summed E-state index contributed by atoms with van der Waals surface area (Å²) in [6.45, 7) is 2.85. The molecule has 1 fully saturated rings. The lowest BCUT2D eigenvalue weighted by atomic mass is 10.2. The number of nitrogens with zero attached hydrogens (tertiary/aromatic N) is 4. The van der Waals surface area contributed by atoms with Crippen LogP contribution in [0.1, 0.15) is 6.92 Å². The van der Waals surface area contributed by atoms with Gasteiger partial charge in [0.25, 0.3) is 0 Å². The molecule has 0 unspecified atom stereocenters. The number of cyclic esters (lactones) is 1. The minimum atomic E-state index is -0.487. The number of aromatic nitrogens is 3. The summed E-state index contributed by atoms with van der Waals surface area (Å²) in [5, 5.41) is 6.60. The highest BCUT2D eigenvalue weighted by Gasteiger charge is 2.32. The van der Waals surface area contributed by atoms with Crippen molar-refractivity contribution in [2.45, 2.75) is 19.6 Å². The molecule has 2 amide bonds. The monoisotopic (exact) mass is 379 g/mol. The number of carbonyl (C=O) groups excluding carboxylic acids is 2. The molecule has 1 aromatic heterocycles. The summed E-state index contributed by atoms with van der Waals surface area (Å²) in [6, 6.07) is 6.92. The number of ether oxygens (including phenoxy) is 1. The van der Waals surface area contributed by atoms with E-state index in [0.717, 1.165) is 0 Å². The van der Waals surface area contributed by atoms with E-state index in [-0.39, 0.29) is 24.0 Å². The van der Waals surface area contributed by atoms with Crippen LogP contribution in [0.3, 0.4) is 0 Å². The summed E-state index contributed by atoms with van der Waals surface area (Å²) in [4.78, 5) is 36.8. The van der Waals surface area contributed by atoms with Gasteiger partial charge >= 0.3 is 11.8 Å². The highest BCUT2D eigenvalue weighted by Crippen LogP contribution is 2.22. The number of hydrogen-bond donors (Lipinski definition) is 1. The van der Waals surface area contributed by atoms with Gasteiger partial charge in [-0.05, 0) is 31.2 Å². The summed E-state index contributed by atoms with van der Waals surface area (Å²) in [6.07, 6.45) is 0.527. The van der Waals surface area contributed by atoms with Crippen LogP contribution in [0.2, 0.25) is 0 Å². The van der Waals surface area contributed by atoms with Crippen LogP contribution in [-0.2, 0) is 16.1 Å². The third-order valence-electron chi connectivity index (χ3n) is 3.99. The number of halogens is 1. The molecule has 26 heavy (non-hydrogen) atoms. The SMILES string of the molecule is CCn1ncn(-c2ccc(N3C[C@H](CNC(=O)CCl)OC3=O)cc2)c1=O. The molecule has 1 aromatic carbocycles. The molecule has 1 saturated heterocycles. The maximum Gasteiger partial charge on any atom is 0.414 e. The van der Waals surface area contributed by atoms with Gasteiger partial charge in [0.05, 0.1) is 18.8 Å². The third-order valence-corrected chi connectivity index (χ3v) is 4.24. The van der Waals surface area contributed by atoms with Gasteiger partial charge in [-0.25, -0.2) is 18.8 Å². The lowest BCUT2D eigenvalue weighted by molar-refractivity contribution is -0.119. The van der Waals surface area contributed by atoms with E-state index in [1.165, 1.54) is 20.5 Å². The molecule has 10 heteroatoms. The molecule has 0 saturated carbocycles. The Balaban J connectivity index is 1.70. The Labute approximate surface area is 154 Å². The first kappa shape index (κ1) is 18.0. The fraction of sp³-hybridized carbons (Fsp3) is 0.375. The van der Waals surface area contributed by atoms with Gasteiger partial charge in [0.2, 0.25) is 5.91 Å². The predicted molar refractivity (Wildman–Crippen MR) is 94.8 cm³/mol. The van der Waals surface area contributed by atoms with Gasteiger partial charge in [0.1, 0.15) is 18.3 Å². The average Bonchev–Trinajstić information content (AvgIpc) is 3.22. The molecule has 1 N–H and O–H groups in total. The van der Waals surface area contributed by atoms with E-state index in [2.05, 4.69) is 10.4 Å². The fourth-order valence-electron chi connectivity index (χ4n) is 2.64. The van der Waals surface area contributed by atoms with Crippen LogP contribution < -0.4 is 15.9 Å². The molecule has 138 valence electrons. The van der Waals surface area contributed by atoms with Crippen LogP contribution in [-0.4, -0.2) is 51.4 Å². The normalized spacial score (nSPS) is 16.6. The topological polar surface area (TPSA) is 98.5 Å².